The first-order valence-corrected chi connectivity index (χ1v) is 11.3. The van der Waals surface area contributed by atoms with Crippen molar-refractivity contribution in [3.8, 4) is 11.5 Å². The Bertz CT molecular complexity index is 754. The van der Waals surface area contributed by atoms with Crippen LogP contribution in [0.5, 0.6) is 11.5 Å². The lowest BCUT2D eigenvalue weighted by Gasteiger charge is -2.36. The molecule has 2 heterocycles. The highest BCUT2D eigenvalue weighted by molar-refractivity contribution is 5.95. The molecule has 31 heavy (non-hydrogen) atoms. The molecule has 1 aromatic carbocycles. The van der Waals surface area contributed by atoms with Crippen molar-refractivity contribution in [2.45, 2.75) is 45.0 Å². The van der Waals surface area contributed by atoms with Crippen LogP contribution in [-0.4, -0.2) is 91.9 Å². The van der Waals surface area contributed by atoms with E-state index >= 15 is 0 Å². The highest BCUT2D eigenvalue weighted by atomic mass is 16.7. The summed E-state index contributed by atoms with van der Waals surface area (Å²) in [6.07, 6.45) is 1.84. The summed E-state index contributed by atoms with van der Waals surface area (Å²) in [4.78, 5) is 17.4. The van der Waals surface area contributed by atoms with Crippen LogP contribution in [0.4, 0.5) is 0 Å². The normalized spacial score (nSPS) is 22.0. The van der Waals surface area contributed by atoms with Gasteiger partial charge in [0.1, 0.15) is 0 Å². The molecule has 8 nitrogen and oxygen atoms in total. The SMILES string of the molecule is CC(C)OC[C@H](O)CN1CCO[C@H](CN(CC2CC2)C(=O)c2ccc3c(c2)OCO3)C1. The van der Waals surface area contributed by atoms with E-state index in [4.69, 9.17) is 18.9 Å². The first-order chi connectivity index (χ1) is 15.0. The fraction of sp³-hybridized carbons (Fsp3) is 0.696. The summed E-state index contributed by atoms with van der Waals surface area (Å²) >= 11 is 0. The second kappa shape index (κ2) is 10.2. The molecule has 0 unspecified atom stereocenters. The van der Waals surface area contributed by atoms with Gasteiger partial charge in [-0.25, -0.2) is 0 Å². The number of carbonyl (C=O) groups is 1. The summed E-state index contributed by atoms with van der Waals surface area (Å²) in [7, 11) is 0. The molecular formula is C23H34N2O6. The predicted octanol–water partition coefficient (Wildman–Crippen LogP) is 1.75. The number of β-amino-alcohol motifs (C(OH)–C–C–N with tert-alkyl or cyclic N) is 1. The van der Waals surface area contributed by atoms with Gasteiger partial charge in [0, 0.05) is 38.3 Å². The number of nitrogens with zero attached hydrogens (tertiary/aromatic N) is 2. The number of morpholine rings is 1. The summed E-state index contributed by atoms with van der Waals surface area (Å²) in [5.74, 6) is 1.87. The van der Waals surface area contributed by atoms with E-state index in [0.29, 0.717) is 55.8 Å². The Balaban J connectivity index is 1.35. The third kappa shape index (κ3) is 6.32. The number of carbonyl (C=O) groups excluding carboxylic acids is 1. The summed E-state index contributed by atoms with van der Waals surface area (Å²) in [6.45, 7) is 8.34. The molecule has 0 bridgehead atoms. The number of ether oxygens (including phenoxy) is 4. The smallest absolute Gasteiger partial charge is 0.254 e. The molecule has 1 aliphatic carbocycles. The molecule has 1 saturated heterocycles. The Labute approximate surface area is 184 Å². The van der Waals surface area contributed by atoms with Gasteiger partial charge >= 0.3 is 0 Å². The fourth-order valence-electron chi connectivity index (χ4n) is 4.02. The number of hydrogen-bond acceptors (Lipinski definition) is 7. The van der Waals surface area contributed by atoms with Crippen molar-refractivity contribution in [2.75, 3.05) is 52.7 Å². The number of aliphatic hydroxyl groups is 1. The Morgan fingerprint density at radius 3 is 2.84 bits per heavy atom. The van der Waals surface area contributed by atoms with E-state index < -0.39 is 6.10 Å². The molecule has 1 saturated carbocycles. The quantitative estimate of drug-likeness (QED) is 0.601. The third-order valence-corrected chi connectivity index (χ3v) is 5.82. The topological polar surface area (TPSA) is 80.7 Å². The minimum Gasteiger partial charge on any atom is -0.454 e. The first kappa shape index (κ1) is 22.3. The minimum absolute atomic E-state index is 0.00343. The molecule has 2 aliphatic heterocycles. The summed E-state index contributed by atoms with van der Waals surface area (Å²) < 4.78 is 22.3. The van der Waals surface area contributed by atoms with E-state index in [1.54, 1.807) is 18.2 Å². The average Bonchev–Trinajstić information content (AvgIpc) is 3.44. The van der Waals surface area contributed by atoms with Gasteiger partial charge in [-0.1, -0.05) is 0 Å². The Morgan fingerprint density at radius 2 is 2.06 bits per heavy atom. The molecule has 2 atom stereocenters. The lowest BCUT2D eigenvalue weighted by Crippen LogP contribution is -2.51. The number of rotatable bonds is 10. The molecule has 8 heteroatoms. The van der Waals surface area contributed by atoms with Crippen LogP contribution in [-0.2, 0) is 9.47 Å². The molecular weight excluding hydrogens is 400 g/mol. The average molecular weight is 435 g/mol. The van der Waals surface area contributed by atoms with Crippen molar-refractivity contribution in [3.63, 3.8) is 0 Å². The summed E-state index contributed by atoms with van der Waals surface area (Å²) in [5, 5.41) is 10.3. The van der Waals surface area contributed by atoms with Gasteiger partial charge in [0.15, 0.2) is 11.5 Å². The van der Waals surface area contributed by atoms with E-state index in [2.05, 4.69) is 4.90 Å². The standard InChI is InChI=1S/C23H34N2O6/c1-16(2)29-14-19(26)11-24-7-8-28-20(12-24)13-25(10-17-3-4-17)23(27)18-5-6-21-22(9-18)31-15-30-21/h5-6,9,16-17,19-20,26H,3-4,7-8,10-15H2,1-2H3/t19-,20+/m1/s1. The summed E-state index contributed by atoms with van der Waals surface area (Å²) in [6, 6.07) is 5.36. The Morgan fingerprint density at radius 1 is 1.26 bits per heavy atom. The molecule has 2 fully saturated rings. The van der Waals surface area contributed by atoms with E-state index in [9.17, 15) is 9.90 Å². The molecule has 0 radical (unpaired) electrons. The van der Waals surface area contributed by atoms with E-state index in [1.165, 1.54) is 12.8 Å². The maximum Gasteiger partial charge on any atom is 0.254 e. The maximum absolute atomic E-state index is 13.3. The van der Waals surface area contributed by atoms with Crippen molar-refractivity contribution < 1.29 is 28.8 Å². The number of benzene rings is 1. The van der Waals surface area contributed by atoms with Gasteiger partial charge in [-0.2, -0.15) is 0 Å². The largest absolute Gasteiger partial charge is 0.454 e. The van der Waals surface area contributed by atoms with Gasteiger partial charge in [-0.05, 0) is 50.8 Å². The predicted molar refractivity (Wildman–Crippen MR) is 114 cm³/mol. The number of amides is 1. The Hall–Kier alpha value is -1.87. The molecule has 0 aromatic heterocycles. The van der Waals surface area contributed by atoms with Crippen molar-refractivity contribution >= 4 is 5.91 Å². The van der Waals surface area contributed by atoms with Gasteiger partial charge in [0.2, 0.25) is 6.79 Å². The van der Waals surface area contributed by atoms with Crippen LogP contribution in [0.1, 0.15) is 37.0 Å². The highest BCUT2D eigenvalue weighted by Gasteiger charge is 2.31. The van der Waals surface area contributed by atoms with Crippen molar-refractivity contribution in [2.24, 2.45) is 5.92 Å². The highest BCUT2D eigenvalue weighted by Crippen LogP contribution is 2.34. The van der Waals surface area contributed by atoms with Gasteiger partial charge in [-0.3, -0.25) is 9.69 Å². The van der Waals surface area contributed by atoms with Crippen LogP contribution in [0, 0.1) is 5.92 Å². The zero-order valence-electron chi connectivity index (χ0n) is 18.5. The van der Waals surface area contributed by atoms with Crippen molar-refractivity contribution in [1.82, 2.24) is 9.80 Å². The molecule has 0 spiro atoms. The van der Waals surface area contributed by atoms with Crippen LogP contribution in [0.25, 0.3) is 0 Å². The molecule has 1 N–H and O–H groups in total. The van der Waals surface area contributed by atoms with Crippen molar-refractivity contribution in [1.29, 1.82) is 0 Å². The zero-order valence-corrected chi connectivity index (χ0v) is 18.5. The zero-order chi connectivity index (χ0) is 21.8. The second-order valence-electron chi connectivity index (χ2n) is 9.01. The van der Waals surface area contributed by atoms with E-state index in [0.717, 1.165) is 13.1 Å². The number of aliphatic hydroxyl groups excluding tert-OH is 1. The van der Waals surface area contributed by atoms with E-state index in [-0.39, 0.29) is 24.9 Å². The summed E-state index contributed by atoms with van der Waals surface area (Å²) in [5.41, 5.74) is 0.610. The van der Waals surface area contributed by atoms with Crippen LogP contribution >= 0.6 is 0 Å². The lowest BCUT2D eigenvalue weighted by atomic mass is 10.1. The maximum atomic E-state index is 13.3. The fourth-order valence-corrected chi connectivity index (χ4v) is 4.02. The van der Waals surface area contributed by atoms with Crippen LogP contribution in [0.3, 0.4) is 0 Å². The first-order valence-electron chi connectivity index (χ1n) is 11.3. The van der Waals surface area contributed by atoms with Gasteiger partial charge in [-0.15, -0.1) is 0 Å². The van der Waals surface area contributed by atoms with Crippen LogP contribution < -0.4 is 9.47 Å². The lowest BCUT2D eigenvalue weighted by molar-refractivity contribution is -0.0628. The van der Waals surface area contributed by atoms with Crippen molar-refractivity contribution in [3.05, 3.63) is 23.8 Å². The van der Waals surface area contributed by atoms with Crippen LogP contribution in [0.15, 0.2) is 18.2 Å². The van der Waals surface area contributed by atoms with Gasteiger partial charge in [0.05, 0.1) is 31.5 Å². The number of fused-ring (bicyclic) bond motifs is 1. The van der Waals surface area contributed by atoms with Gasteiger partial charge in [0.25, 0.3) is 5.91 Å². The molecule has 3 aliphatic rings. The Kier molecular flexibility index (Phi) is 7.32. The van der Waals surface area contributed by atoms with E-state index in [1.807, 2.05) is 18.7 Å². The molecule has 1 amide bonds. The van der Waals surface area contributed by atoms with Gasteiger partial charge < -0.3 is 29.0 Å². The monoisotopic (exact) mass is 434 g/mol. The van der Waals surface area contributed by atoms with Crippen LogP contribution in [0.2, 0.25) is 0 Å². The number of hydrogen-bond donors (Lipinski definition) is 1. The molecule has 1 aromatic rings. The third-order valence-electron chi connectivity index (χ3n) is 5.82. The molecule has 172 valence electrons. The second-order valence-corrected chi connectivity index (χ2v) is 9.01. The molecule has 4 rings (SSSR count). The minimum atomic E-state index is -0.529.